The average molecular weight is 546 g/mol. The molecule has 1 fully saturated rings. The van der Waals surface area contributed by atoms with Gasteiger partial charge in [0.1, 0.15) is 16.6 Å². The summed E-state index contributed by atoms with van der Waals surface area (Å²) in [4.78, 5) is 15.7. The van der Waals surface area contributed by atoms with E-state index in [2.05, 4.69) is 27.5 Å². The fourth-order valence-electron chi connectivity index (χ4n) is 3.33. The molecule has 160 valence electrons. The molecule has 1 aliphatic heterocycles. The Morgan fingerprint density at radius 1 is 1.23 bits per heavy atom. The van der Waals surface area contributed by atoms with Crippen molar-refractivity contribution in [1.29, 1.82) is 5.26 Å². The zero-order valence-electron chi connectivity index (χ0n) is 17.3. The lowest BCUT2D eigenvalue weighted by Gasteiger charge is -2.29. The fourth-order valence-corrected chi connectivity index (χ4v) is 4.35. The van der Waals surface area contributed by atoms with Crippen LogP contribution in [0.1, 0.15) is 37.3 Å². The van der Waals surface area contributed by atoms with Crippen molar-refractivity contribution in [2.45, 2.75) is 26.2 Å². The molecule has 0 spiro atoms. The Morgan fingerprint density at radius 2 is 1.94 bits per heavy atom. The molecule has 7 heteroatoms. The topological polar surface area (TPSA) is 62.6 Å². The summed E-state index contributed by atoms with van der Waals surface area (Å²) in [7, 11) is 0. The first-order valence-electron chi connectivity index (χ1n) is 10.2. The summed E-state index contributed by atoms with van der Waals surface area (Å²) in [6.07, 6.45) is 5.01. The number of nitrogens with zero attached hydrogens (tertiary/aromatic N) is 2. The first kappa shape index (κ1) is 23.2. The van der Waals surface area contributed by atoms with Crippen LogP contribution in [0.5, 0.6) is 11.5 Å². The number of hydrogen-bond acceptors (Lipinski definition) is 5. The molecule has 2 aromatic rings. The molecule has 0 saturated carbocycles. The van der Waals surface area contributed by atoms with Crippen molar-refractivity contribution < 1.29 is 14.3 Å². The second-order valence-electron chi connectivity index (χ2n) is 7.04. The van der Waals surface area contributed by atoms with Crippen LogP contribution in [0, 0.1) is 14.9 Å². The molecule has 2 aromatic carbocycles. The monoisotopic (exact) mass is 546 g/mol. The van der Waals surface area contributed by atoms with Gasteiger partial charge in [0.2, 0.25) is 0 Å². The van der Waals surface area contributed by atoms with Gasteiger partial charge < -0.3 is 14.4 Å². The number of nitriles is 1. The van der Waals surface area contributed by atoms with Crippen LogP contribution >= 0.6 is 34.8 Å². The van der Waals surface area contributed by atoms with Gasteiger partial charge >= 0.3 is 5.97 Å². The molecule has 0 unspecified atom stereocenters. The van der Waals surface area contributed by atoms with Crippen LogP contribution in [0.25, 0.3) is 6.08 Å². The number of halogens is 1. The highest BCUT2D eigenvalue weighted by molar-refractivity contribution is 14.1. The maximum Gasteiger partial charge on any atom is 0.354 e. The van der Waals surface area contributed by atoms with E-state index in [1.807, 2.05) is 55.5 Å². The number of ether oxygens (including phenoxy) is 2. The SMILES string of the molecule is CCOc1cc(C(=S)N2CCCCC2)cc(I)c1OC(=O)/C(C#N)=C/c1ccccc1. The first-order valence-corrected chi connectivity index (χ1v) is 11.7. The zero-order chi connectivity index (χ0) is 22.2. The molecule has 5 nitrogen and oxygen atoms in total. The minimum Gasteiger partial charge on any atom is -0.490 e. The smallest absolute Gasteiger partial charge is 0.354 e. The van der Waals surface area contributed by atoms with Gasteiger partial charge in [0, 0.05) is 18.7 Å². The standard InChI is InChI=1S/C24H23IN2O3S/c1-2-29-21-15-18(23(31)27-11-7-4-8-12-27)14-20(25)22(21)30-24(28)19(16-26)13-17-9-5-3-6-10-17/h3,5-6,9-10,13-15H,2,4,7-8,11-12H2,1H3/b19-13+. The number of carbonyl (C=O) groups excluding carboxylic acids is 1. The van der Waals surface area contributed by atoms with Gasteiger partial charge in [0.05, 0.1) is 10.2 Å². The number of esters is 1. The molecule has 0 radical (unpaired) electrons. The molecule has 0 N–H and O–H groups in total. The van der Waals surface area contributed by atoms with Gasteiger partial charge in [-0.1, -0.05) is 42.5 Å². The van der Waals surface area contributed by atoms with Crippen LogP contribution in [0.15, 0.2) is 48.0 Å². The Labute approximate surface area is 201 Å². The molecule has 0 bridgehead atoms. The van der Waals surface area contributed by atoms with Crippen LogP contribution in [-0.4, -0.2) is 35.6 Å². The maximum atomic E-state index is 12.7. The molecule has 3 rings (SSSR count). The molecule has 0 aliphatic carbocycles. The minimum atomic E-state index is -0.725. The summed E-state index contributed by atoms with van der Waals surface area (Å²) in [6.45, 7) is 4.17. The van der Waals surface area contributed by atoms with Crippen molar-refractivity contribution in [1.82, 2.24) is 4.90 Å². The Hall–Kier alpha value is -2.44. The van der Waals surface area contributed by atoms with Crippen LogP contribution in [0.2, 0.25) is 0 Å². The summed E-state index contributed by atoms with van der Waals surface area (Å²) in [6, 6.07) is 14.8. The van der Waals surface area contributed by atoms with Crippen LogP contribution in [-0.2, 0) is 4.79 Å². The van der Waals surface area contributed by atoms with Crippen molar-refractivity contribution in [2.24, 2.45) is 0 Å². The third kappa shape index (κ3) is 6.05. The molecule has 1 aliphatic rings. The van der Waals surface area contributed by atoms with Crippen LogP contribution < -0.4 is 9.47 Å². The Bertz CT molecular complexity index is 1030. The fraction of sp³-hybridized carbons (Fsp3) is 0.292. The van der Waals surface area contributed by atoms with Gasteiger partial charge in [0.15, 0.2) is 11.5 Å². The molecule has 31 heavy (non-hydrogen) atoms. The number of benzene rings is 2. The lowest BCUT2D eigenvalue weighted by molar-refractivity contribution is -0.129. The van der Waals surface area contributed by atoms with E-state index >= 15 is 0 Å². The maximum absolute atomic E-state index is 12.7. The number of rotatable bonds is 6. The van der Waals surface area contributed by atoms with E-state index < -0.39 is 5.97 Å². The zero-order valence-corrected chi connectivity index (χ0v) is 20.2. The highest BCUT2D eigenvalue weighted by Crippen LogP contribution is 2.35. The van der Waals surface area contributed by atoms with Gasteiger partial charge in [-0.2, -0.15) is 5.26 Å². The van der Waals surface area contributed by atoms with E-state index in [4.69, 9.17) is 21.7 Å². The van der Waals surface area contributed by atoms with Crippen molar-refractivity contribution in [3.05, 3.63) is 62.7 Å². The lowest BCUT2D eigenvalue weighted by atomic mass is 10.1. The van der Waals surface area contributed by atoms with Gasteiger partial charge in [-0.15, -0.1) is 0 Å². The molecular weight excluding hydrogens is 523 g/mol. The van der Waals surface area contributed by atoms with Crippen molar-refractivity contribution in [3.63, 3.8) is 0 Å². The number of carbonyl (C=O) groups is 1. The number of hydrogen-bond donors (Lipinski definition) is 0. The largest absolute Gasteiger partial charge is 0.490 e. The number of piperidine rings is 1. The van der Waals surface area contributed by atoms with E-state index in [1.54, 1.807) is 0 Å². The molecule has 0 amide bonds. The number of thiocarbonyl (C=S) groups is 1. The van der Waals surface area contributed by atoms with E-state index in [-0.39, 0.29) is 5.57 Å². The summed E-state index contributed by atoms with van der Waals surface area (Å²) >= 11 is 7.83. The van der Waals surface area contributed by atoms with Crippen LogP contribution in [0.3, 0.4) is 0 Å². The molecule has 0 aromatic heterocycles. The Kier molecular flexibility index (Phi) is 8.43. The lowest BCUT2D eigenvalue weighted by Crippen LogP contribution is -2.35. The second kappa shape index (κ2) is 11.3. The number of likely N-dealkylation sites (tertiary alicyclic amines) is 1. The van der Waals surface area contributed by atoms with Crippen LogP contribution in [0.4, 0.5) is 0 Å². The Morgan fingerprint density at radius 3 is 2.58 bits per heavy atom. The summed E-state index contributed by atoms with van der Waals surface area (Å²) in [5.74, 6) is 0.0116. The highest BCUT2D eigenvalue weighted by Gasteiger charge is 2.22. The molecule has 0 atom stereocenters. The minimum absolute atomic E-state index is 0.0858. The van der Waals surface area contributed by atoms with E-state index in [0.29, 0.717) is 21.7 Å². The molecular formula is C24H23IN2O3S. The van der Waals surface area contributed by atoms with E-state index in [1.165, 1.54) is 12.5 Å². The van der Waals surface area contributed by atoms with Crippen molar-refractivity contribution >= 4 is 51.8 Å². The summed E-state index contributed by atoms with van der Waals surface area (Å²) in [5.41, 5.74) is 1.53. The normalized spacial score (nSPS) is 14.0. The predicted molar refractivity (Wildman–Crippen MR) is 133 cm³/mol. The van der Waals surface area contributed by atoms with Crippen molar-refractivity contribution in [2.75, 3.05) is 19.7 Å². The Balaban J connectivity index is 1.88. The van der Waals surface area contributed by atoms with Gasteiger partial charge in [-0.25, -0.2) is 4.79 Å². The van der Waals surface area contributed by atoms with E-state index in [0.717, 1.165) is 42.0 Å². The predicted octanol–water partition coefficient (Wildman–Crippen LogP) is 5.36. The summed E-state index contributed by atoms with van der Waals surface area (Å²) in [5, 5.41) is 9.46. The third-order valence-electron chi connectivity index (χ3n) is 4.85. The van der Waals surface area contributed by atoms with Gasteiger partial charge in [0.25, 0.3) is 0 Å². The molecule has 1 heterocycles. The van der Waals surface area contributed by atoms with Gasteiger partial charge in [-0.05, 0) is 72.5 Å². The quantitative estimate of drug-likeness (QED) is 0.121. The second-order valence-corrected chi connectivity index (χ2v) is 8.59. The van der Waals surface area contributed by atoms with E-state index in [9.17, 15) is 10.1 Å². The highest BCUT2D eigenvalue weighted by atomic mass is 127. The molecule has 1 saturated heterocycles. The average Bonchev–Trinajstić information content (AvgIpc) is 2.80. The van der Waals surface area contributed by atoms with Gasteiger partial charge in [-0.3, -0.25) is 0 Å². The first-order chi connectivity index (χ1) is 15.0. The summed E-state index contributed by atoms with van der Waals surface area (Å²) < 4.78 is 12.1. The third-order valence-corrected chi connectivity index (χ3v) is 6.14. The van der Waals surface area contributed by atoms with Crippen molar-refractivity contribution in [3.8, 4) is 17.6 Å².